The van der Waals surface area contributed by atoms with E-state index in [4.69, 9.17) is 4.42 Å². The standard InChI is InChI=1S/C21H15N3O3S/c25-19(24-21-23-17(13-28-21)14-5-2-1-3-6-14)15-8-10-16(11-9-15)22-20(26)18-7-4-12-27-18/h1-13H,(H,22,26)(H,23,24,25). The van der Waals surface area contributed by atoms with Gasteiger partial charge in [-0.3, -0.25) is 14.9 Å². The number of aromatic nitrogens is 1. The molecule has 0 spiro atoms. The summed E-state index contributed by atoms with van der Waals surface area (Å²) in [5.41, 5.74) is 2.85. The molecule has 2 amide bonds. The first kappa shape index (κ1) is 17.7. The van der Waals surface area contributed by atoms with E-state index in [9.17, 15) is 9.59 Å². The summed E-state index contributed by atoms with van der Waals surface area (Å²) in [5, 5.41) is 7.93. The summed E-state index contributed by atoms with van der Waals surface area (Å²) >= 11 is 1.37. The zero-order valence-corrected chi connectivity index (χ0v) is 15.4. The minimum Gasteiger partial charge on any atom is -0.459 e. The molecule has 0 aliphatic heterocycles. The van der Waals surface area contributed by atoms with E-state index in [1.54, 1.807) is 36.4 Å². The van der Waals surface area contributed by atoms with E-state index in [1.807, 2.05) is 35.7 Å². The summed E-state index contributed by atoms with van der Waals surface area (Å²) in [7, 11) is 0. The Hall–Kier alpha value is -3.71. The van der Waals surface area contributed by atoms with Crippen molar-refractivity contribution in [2.45, 2.75) is 0 Å². The number of rotatable bonds is 5. The van der Waals surface area contributed by atoms with Gasteiger partial charge in [-0.15, -0.1) is 11.3 Å². The van der Waals surface area contributed by atoms with E-state index in [0.29, 0.717) is 16.4 Å². The van der Waals surface area contributed by atoms with E-state index in [2.05, 4.69) is 15.6 Å². The highest BCUT2D eigenvalue weighted by atomic mass is 32.1. The van der Waals surface area contributed by atoms with E-state index in [0.717, 1.165) is 11.3 Å². The van der Waals surface area contributed by atoms with E-state index in [1.165, 1.54) is 17.6 Å². The molecule has 0 saturated heterocycles. The first-order valence-electron chi connectivity index (χ1n) is 8.46. The van der Waals surface area contributed by atoms with Crippen molar-refractivity contribution in [3.8, 4) is 11.3 Å². The molecule has 7 heteroatoms. The van der Waals surface area contributed by atoms with Gasteiger partial charge in [-0.2, -0.15) is 0 Å². The molecule has 2 heterocycles. The van der Waals surface area contributed by atoms with Gasteiger partial charge in [-0.25, -0.2) is 4.98 Å². The van der Waals surface area contributed by atoms with Crippen molar-refractivity contribution in [1.82, 2.24) is 4.98 Å². The van der Waals surface area contributed by atoms with E-state index < -0.39 is 0 Å². The first-order chi connectivity index (χ1) is 13.7. The molecule has 0 unspecified atom stereocenters. The van der Waals surface area contributed by atoms with E-state index >= 15 is 0 Å². The number of nitrogens with one attached hydrogen (secondary N) is 2. The predicted octanol–water partition coefficient (Wildman–Crippen LogP) is 4.91. The van der Waals surface area contributed by atoms with Crippen LogP contribution in [0.4, 0.5) is 10.8 Å². The molecule has 0 aliphatic rings. The lowest BCUT2D eigenvalue weighted by atomic mass is 10.2. The molecule has 0 fully saturated rings. The van der Waals surface area contributed by atoms with Crippen LogP contribution in [0, 0.1) is 0 Å². The predicted molar refractivity (Wildman–Crippen MR) is 109 cm³/mol. The second kappa shape index (κ2) is 7.89. The van der Waals surface area contributed by atoms with Gasteiger partial charge in [-0.1, -0.05) is 30.3 Å². The largest absolute Gasteiger partial charge is 0.459 e. The van der Waals surface area contributed by atoms with Gasteiger partial charge in [0.1, 0.15) is 0 Å². The average molecular weight is 389 g/mol. The smallest absolute Gasteiger partial charge is 0.291 e. The minimum absolute atomic E-state index is 0.222. The average Bonchev–Trinajstić information content (AvgIpc) is 3.41. The minimum atomic E-state index is -0.349. The van der Waals surface area contributed by atoms with Crippen LogP contribution in [-0.4, -0.2) is 16.8 Å². The fraction of sp³-hybridized carbons (Fsp3) is 0. The zero-order valence-electron chi connectivity index (χ0n) is 14.6. The number of nitrogens with zero attached hydrogens (tertiary/aromatic N) is 1. The lowest BCUT2D eigenvalue weighted by Gasteiger charge is -2.05. The van der Waals surface area contributed by atoms with Crippen molar-refractivity contribution < 1.29 is 14.0 Å². The fourth-order valence-electron chi connectivity index (χ4n) is 2.55. The Morgan fingerprint density at radius 1 is 0.857 bits per heavy atom. The monoisotopic (exact) mass is 389 g/mol. The number of benzene rings is 2. The van der Waals surface area contributed by atoms with Gasteiger partial charge in [0.05, 0.1) is 12.0 Å². The summed E-state index contributed by atoms with van der Waals surface area (Å²) < 4.78 is 5.05. The van der Waals surface area contributed by atoms with Gasteiger partial charge in [0.15, 0.2) is 10.9 Å². The Labute approximate surface area is 164 Å². The number of thiazole rings is 1. The molecule has 4 aromatic rings. The van der Waals surface area contributed by atoms with Crippen molar-refractivity contribution in [3.05, 3.63) is 89.7 Å². The number of anilines is 2. The van der Waals surface area contributed by atoms with Gasteiger partial charge in [-0.05, 0) is 36.4 Å². The number of carbonyl (C=O) groups excluding carboxylic acids is 2. The molecule has 0 radical (unpaired) electrons. The Bertz CT molecular complexity index is 1090. The normalized spacial score (nSPS) is 10.4. The molecular formula is C21H15N3O3S. The quantitative estimate of drug-likeness (QED) is 0.508. The number of furan rings is 1. The van der Waals surface area contributed by atoms with Gasteiger partial charge < -0.3 is 9.73 Å². The summed E-state index contributed by atoms with van der Waals surface area (Å²) in [5.74, 6) is -0.392. The summed E-state index contributed by atoms with van der Waals surface area (Å²) in [6, 6.07) is 19.6. The van der Waals surface area contributed by atoms with Crippen molar-refractivity contribution in [3.63, 3.8) is 0 Å². The number of carbonyl (C=O) groups is 2. The molecule has 0 bridgehead atoms. The molecule has 0 aliphatic carbocycles. The summed E-state index contributed by atoms with van der Waals surface area (Å²) in [6.45, 7) is 0. The van der Waals surface area contributed by atoms with Crippen LogP contribution in [-0.2, 0) is 0 Å². The number of amides is 2. The third kappa shape index (κ3) is 3.99. The maximum absolute atomic E-state index is 12.4. The van der Waals surface area contributed by atoms with Crippen LogP contribution in [0.3, 0.4) is 0 Å². The Morgan fingerprint density at radius 3 is 2.36 bits per heavy atom. The molecule has 28 heavy (non-hydrogen) atoms. The van der Waals surface area contributed by atoms with E-state index in [-0.39, 0.29) is 17.6 Å². The van der Waals surface area contributed by atoms with Crippen molar-refractivity contribution in [2.75, 3.05) is 10.6 Å². The summed E-state index contributed by atoms with van der Waals surface area (Å²) in [6.07, 6.45) is 1.43. The third-order valence-corrected chi connectivity index (χ3v) is 4.70. The van der Waals surface area contributed by atoms with Crippen LogP contribution < -0.4 is 10.6 Å². The van der Waals surface area contributed by atoms with Gasteiger partial charge in [0.25, 0.3) is 11.8 Å². The number of hydrogen-bond donors (Lipinski definition) is 2. The highest BCUT2D eigenvalue weighted by Gasteiger charge is 2.12. The van der Waals surface area contributed by atoms with Crippen LogP contribution in [0.25, 0.3) is 11.3 Å². The van der Waals surface area contributed by atoms with Crippen molar-refractivity contribution in [1.29, 1.82) is 0 Å². The highest BCUT2D eigenvalue weighted by Crippen LogP contribution is 2.25. The fourth-order valence-corrected chi connectivity index (χ4v) is 3.26. The van der Waals surface area contributed by atoms with Crippen molar-refractivity contribution in [2.24, 2.45) is 0 Å². The van der Waals surface area contributed by atoms with Gasteiger partial charge >= 0.3 is 0 Å². The zero-order chi connectivity index (χ0) is 19.3. The maximum atomic E-state index is 12.4. The van der Waals surface area contributed by atoms with Crippen molar-refractivity contribution >= 4 is 34.0 Å². The van der Waals surface area contributed by atoms with Gasteiger partial charge in [0.2, 0.25) is 0 Å². The molecule has 2 aromatic carbocycles. The van der Waals surface area contributed by atoms with Crippen LogP contribution in [0.2, 0.25) is 0 Å². The molecule has 0 atom stereocenters. The highest BCUT2D eigenvalue weighted by molar-refractivity contribution is 7.14. The third-order valence-electron chi connectivity index (χ3n) is 3.94. The molecule has 138 valence electrons. The van der Waals surface area contributed by atoms with Crippen LogP contribution >= 0.6 is 11.3 Å². The molecule has 2 N–H and O–H groups in total. The molecule has 4 rings (SSSR count). The number of hydrogen-bond acceptors (Lipinski definition) is 5. The maximum Gasteiger partial charge on any atom is 0.291 e. The Balaban J connectivity index is 1.40. The SMILES string of the molecule is O=C(Nc1nc(-c2ccccc2)cs1)c1ccc(NC(=O)c2ccco2)cc1. The molecule has 0 saturated carbocycles. The van der Waals surface area contributed by atoms with Gasteiger partial charge in [0, 0.05) is 22.2 Å². The second-order valence-corrected chi connectivity index (χ2v) is 6.72. The Kier molecular flexibility index (Phi) is 4.99. The first-order valence-corrected chi connectivity index (χ1v) is 9.34. The van der Waals surface area contributed by atoms with Crippen LogP contribution in [0.5, 0.6) is 0 Å². The second-order valence-electron chi connectivity index (χ2n) is 5.87. The molecule has 2 aromatic heterocycles. The molecule has 6 nitrogen and oxygen atoms in total. The Morgan fingerprint density at radius 2 is 1.64 bits per heavy atom. The topological polar surface area (TPSA) is 84.2 Å². The van der Waals surface area contributed by atoms with Crippen LogP contribution in [0.1, 0.15) is 20.9 Å². The summed E-state index contributed by atoms with van der Waals surface area (Å²) in [4.78, 5) is 28.8. The molecular weight excluding hydrogens is 374 g/mol. The lowest BCUT2D eigenvalue weighted by Crippen LogP contribution is -2.13. The lowest BCUT2D eigenvalue weighted by molar-refractivity contribution is 0.0995. The van der Waals surface area contributed by atoms with Crippen LogP contribution in [0.15, 0.2) is 82.8 Å².